The third-order valence-electron chi connectivity index (χ3n) is 0.218. The zero-order valence-electron chi connectivity index (χ0n) is 3.67. The van der Waals surface area contributed by atoms with Crippen molar-refractivity contribution in [2.45, 2.75) is 6.18 Å². The predicted molar refractivity (Wildman–Crippen MR) is 27.9 cm³/mol. The summed E-state index contributed by atoms with van der Waals surface area (Å²) in [4.78, 5) is 0. The van der Waals surface area contributed by atoms with Gasteiger partial charge < -0.3 is 26.7 Å². The minimum Gasteiger partial charge on any atom is -0.421 e. The van der Waals surface area contributed by atoms with Crippen LogP contribution in [0.1, 0.15) is 0 Å². The first-order valence-electron chi connectivity index (χ1n) is 1.33. The maximum absolute atomic E-state index is 10.9. The molecule has 0 spiro atoms. The zero-order valence-corrected chi connectivity index (χ0v) is 8.66. The average Bonchev–Trinajstić information content (AvgIpc) is 1.30. The van der Waals surface area contributed by atoms with Crippen molar-refractivity contribution in [3.05, 3.63) is 10.2 Å². The number of rotatable bonds is 0. The molecular formula is C3HF3IY-. The molecule has 0 aromatic rings. The van der Waals surface area contributed by atoms with Gasteiger partial charge in [0.1, 0.15) is 0 Å². The summed E-state index contributed by atoms with van der Waals surface area (Å²) in [5, 5.41) is 0. The third-order valence-corrected chi connectivity index (χ3v) is 0.530. The van der Waals surface area contributed by atoms with Crippen LogP contribution in [0.5, 0.6) is 0 Å². The van der Waals surface area contributed by atoms with Gasteiger partial charge in [-0.2, -0.15) is 19.2 Å². The smallest absolute Gasteiger partial charge is 0.379 e. The molecular weight excluding hydrogens is 309 g/mol. The molecule has 0 aliphatic heterocycles. The topological polar surface area (TPSA) is 0 Å². The first kappa shape index (κ1) is 12.1. The molecule has 0 saturated heterocycles. The van der Waals surface area contributed by atoms with E-state index in [0.29, 0.717) is 0 Å². The Morgan fingerprint density at radius 1 is 1.38 bits per heavy atom. The van der Waals surface area contributed by atoms with Crippen molar-refractivity contribution in [2.24, 2.45) is 0 Å². The van der Waals surface area contributed by atoms with Gasteiger partial charge in [0, 0.05) is 32.7 Å². The quantitative estimate of drug-likeness (QED) is 0.476. The van der Waals surface area contributed by atoms with E-state index in [-0.39, 0.29) is 38.8 Å². The van der Waals surface area contributed by atoms with E-state index in [9.17, 15) is 13.2 Å². The zero-order chi connectivity index (χ0) is 5.91. The number of alkyl halides is 3. The molecule has 5 heteroatoms. The molecule has 0 nitrogen and oxygen atoms in total. The largest absolute Gasteiger partial charge is 0.421 e. The fraction of sp³-hybridized carbons (Fsp3) is 0.333. The molecule has 0 bridgehead atoms. The molecule has 0 rings (SSSR count). The van der Waals surface area contributed by atoms with Crippen LogP contribution in [0.2, 0.25) is 0 Å². The van der Waals surface area contributed by atoms with Crippen molar-refractivity contribution in [1.29, 1.82) is 0 Å². The van der Waals surface area contributed by atoms with E-state index in [1.165, 1.54) is 22.6 Å². The summed E-state index contributed by atoms with van der Waals surface area (Å²) in [5.41, 5.74) is 0. The van der Waals surface area contributed by atoms with Crippen LogP contribution in [-0.4, -0.2) is 6.18 Å². The molecule has 8 heavy (non-hydrogen) atoms. The van der Waals surface area contributed by atoms with E-state index in [1.54, 1.807) is 0 Å². The van der Waals surface area contributed by atoms with Crippen LogP contribution in [0.25, 0.3) is 0 Å². The van der Waals surface area contributed by atoms with E-state index < -0.39 is 6.18 Å². The fourth-order valence-electron chi connectivity index (χ4n) is 0.0619. The summed E-state index contributed by atoms with van der Waals surface area (Å²) in [6.45, 7) is 0. The molecule has 0 fully saturated rings. The second-order valence-electron chi connectivity index (χ2n) is 0.795. The Hall–Kier alpha value is 1.36. The van der Waals surface area contributed by atoms with E-state index in [2.05, 4.69) is 0 Å². The van der Waals surface area contributed by atoms with Gasteiger partial charge in [0.15, 0.2) is 0 Å². The first-order valence-corrected chi connectivity index (χ1v) is 2.41. The summed E-state index contributed by atoms with van der Waals surface area (Å²) in [6.07, 6.45) is -4.14. The molecule has 0 N–H and O–H groups in total. The fourth-order valence-corrected chi connectivity index (χ4v) is 0.415. The van der Waals surface area contributed by atoms with Crippen LogP contribution < -0.4 is 0 Å². The van der Waals surface area contributed by atoms with Crippen molar-refractivity contribution >= 4 is 22.6 Å². The molecule has 0 aromatic heterocycles. The van der Waals surface area contributed by atoms with Gasteiger partial charge in [0.05, 0.1) is 0 Å². The predicted octanol–water partition coefficient (Wildman–Crippen LogP) is 2.30. The standard InChI is InChI=1S/C3HF3I.Y/c4-3(5,6)1-2-7;/h1H;/q-1;. The van der Waals surface area contributed by atoms with Crippen LogP contribution in [0, 0.1) is 4.08 Å². The van der Waals surface area contributed by atoms with Crippen molar-refractivity contribution < 1.29 is 45.9 Å². The van der Waals surface area contributed by atoms with E-state index >= 15 is 0 Å². The van der Waals surface area contributed by atoms with Gasteiger partial charge in [0.25, 0.3) is 0 Å². The summed E-state index contributed by atoms with van der Waals surface area (Å²) < 4.78 is 34.6. The first-order chi connectivity index (χ1) is 3.06. The monoisotopic (exact) mass is 310 g/mol. The number of allylic oxidation sites excluding steroid dienone is 1. The van der Waals surface area contributed by atoms with Gasteiger partial charge in [-0.15, -0.1) is 0 Å². The summed E-state index contributed by atoms with van der Waals surface area (Å²) >= 11 is 1.39. The molecule has 45 valence electrons. The molecule has 0 unspecified atom stereocenters. The molecule has 0 amide bonds. The van der Waals surface area contributed by atoms with E-state index in [0.717, 1.165) is 0 Å². The van der Waals surface area contributed by atoms with E-state index in [4.69, 9.17) is 0 Å². The maximum atomic E-state index is 10.9. The van der Waals surface area contributed by atoms with Gasteiger partial charge in [-0.1, -0.05) is 0 Å². The molecule has 0 aliphatic rings. The van der Waals surface area contributed by atoms with Gasteiger partial charge in [-0.05, 0) is 0 Å². The Bertz CT molecular complexity index is 77.1. The molecule has 1 radical (unpaired) electrons. The van der Waals surface area contributed by atoms with Gasteiger partial charge >= 0.3 is 6.18 Å². The minimum absolute atomic E-state index is 0. The third kappa shape index (κ3) is 10.4. The van der Waals surface area contributed by atoms with Crippen LogP contribution in [-0.2, 0) is 32.7 Å². The number of hydrogen-bond acceptors (Lipinski definition) is 0. The van der Waals surface area contributed by atoms with Crippen molar-refractivity contribution in [1.82, 2.24) is 0 Å². The van der Waals surface area contributed by atoms with Crippen molar-refractivity contribution in [3.8, 4) is 0 Å². The average molecular weight is 310 g/mol. The molecule has 0 atom stereocenters. The summed E-state index contributed by atoms with van der Waals surface area (Å²) in [6, 6.07) is 0. The van der Waals surface area contributed by atoms with Gasteiger partial charge in [0.2, 0.25) is 0 Å². The molecule has 0 saturated carbocycles. The normalized spacial score (nSPS) is 11.5. The Balaban J connectivity index is 0. The van der Waals surface area contributed by atoms with E-state index in [1.807, 2.05) is 4.08 Å². The second-order valence-corrected chi connectivity index (χ2v) is 1.42. The Labute approximate surface area is 83.9 Å². The summed E-state index contributed by atoms with van der Waals surface area (Å²) in [7, 11) is 0. The van der Waals surface area contributed by atoms with Crippen LogP contribution in [0.3, 0.4) is 0 Å². The van der Waals surface area contributed by atoms with Gasteiger partial charge in [-0.3, -0.25) is 0 Å². The van der Waals surface area contributed by atoms with Crippen LogP contribution >= 0.6 is 22.6 Å². The SMILES string of the molecule is FC(F)(F)C=[C-]I.[Y]. The number of halogens is 4. The Morgan fingerprint density at radius 3 is 1.75 bits per heavy atom. The molecule has 0 aromatic carbocycles. The maximum Gasteiger partial charge on any atom is 0.379 e. The Morgan fingerprint density at radius 2 is 1.75 bits per heavy atom. The second kappa shape index (κ2) is 5.17. The van der Waals surface area contributed by atoms with Crippen LogP contribution in [0.15, 0.2) is 6.08 Å². The van der Waals surface area contributed by atoms with Crippen LogP contribution in [0.4, 0.5) is 13.2 Å². The van der Waals surface area contributed by atoms with Gasteiger partial charge in [-0.25, -0.2) is 0 Å². The Kier molecular flexibility index (Phi) is 7.81. The number of hydrogen-bond donors (Lipinski definition) is 0. The van der Waals surface area contributed by atoms with Crippen molar-refractivity contribution in [3.63, 3.8) is 0 Å². The molecule has 0 aliphatic carbocycles. The van der Waals surface area contributed by atoms with Crippen molar-refractivity contribution in [2.75, 3.05) is 0 Å². The summed E-state index contributed by atoms with van der Waals surface area (Å²) in [5.74, 6) is 0. The minimum atomic E-state index is -4.19. The molecule has 0 heterocycles.